The number of halogens is 2. The average molecular weight is 264 g/mol. The van der Waals surface area contributed by atoms with Crippen molar-refractivity contribution in [1.82, 2.24) is 9.97 Å². The zero-order chi connectivity index (χ0) is 14.0. The number of nitrogens with two attached hydrogens (primary N) is 1. The first-order valence-corrected chi connectivity index (χ1v) is 5.28. The van der Waals surface area contributed by atoms with Gasteiger partial charge < -0.3 is 10.5 Å². The highest BCUT2D eigenvalue weighted by Gasteiger charge is 2.08. The van der Waals surface area contributed by atoms with Crippen LogP contribution in [-0.4, -0.2) is 15.8 Å². The van der Waals surface area contributed by atoms with Gasteiger partial charge >= 0.3 is 6.01 Å². The minimum Gasteiger partial charge on any atom is -0.424 e. The highest BCUT2D eigenvalue weighted by atomic mass is 19.1. The number of hydrogen-bond acceptors (Lipinski definition) is 4. The summed E-state index contributed by atoms with van der Waals surface area (Å²) in [5.74, 6) is -1.86. The minimum atomic E-state index is -0.769. The lowest BCUT2D eigenvalue weighted by Gasteiger charge is -2.06. The standard InChI is InChI=1S/C12H10F2N4O/c1-6-2-10(11(15)16)18-12(17-6)19-9-4-7(13)3-8(14)5-9/h2-5H,1H3,(H3,15,16). The Hall–Kier alpha value is -2.57. The van der Waals surface area contributed by atoms with E-state index in [-0.39, 0.29) is 23.3 Å². The van der Waals surface area contributed by atoms with E-state index in [0.717, 1.165) is 18.2 Å². The quantitative estimate of drug-likeness (QED) is 0.657. The fourth-order valence-electron chi connectivity index (χ4n) is 1.42. The summed E-state index contributed by atoms with van der Waals surface area (Å²) >= 11 is 0. The van der Waals surface area contributed by atoms with Gasteiger partial charge in [-0.1, -0.05) is 0 Å². The predicted octanol–water partition coefficient (Wildman–Crippen LogP) is 2.14. The molecule has 0 saturated carbocycles. The third-order valence-electron chi connectivity index (χ3n) is 2.15. The molecule has 0 radical (unpaired) electrons. The van der Waals surface area contributed by atoms with Crippen LogP contribution in [0.1, 0.15) is 11.4 Å². The highest BCUT2D eigenvalue weighted by molar-refractivity contribution is 5.93. The van der Waals surface area contributed by atoms with E-state index in [1.165, 1.54) is 6.07 Å². The molecule has 0 atom stereocenters. The number of rotatable bonds is 3. The molecule has 0 fully saturated rings. The third-order valence-corrected chi connectivity index (χ3v) is 2.15. The van der Waals surface area contributed by atoms with Gasteiger partial charge in [0.15, 0.2) is 0 Å². The molecule has 0 spiro atoms. The number of aryl methyl sites for hydroxylation is 1. The summed E-state index contributed by atoms with van der Waals surface area (Å²) in [7, 11) is 0. The maximum atomic E-state index is 13.0. The van der Waals surface area contributed by atoms with E-state index in [0.29, 0.717) is 5.69 Å². The number of hydrogen-bond donors (Lipinski definition) is 2. The van der Waals surface area contributed by atoms with E-state index in [9.17, 15) is 8.78 Å². The van der Waals surface area contributed by atoms with Crippen molar-refractivity contribution in [2.24, 2.45) is 5.73 Å². The molecular weight excluding hydrogens is 254 g/mol. The van der Waals surface area contributed by atoms with E-state index >= 15 is 0 Å². The molecule has 7 heteroatoms. The smallest absolute Gasteiger partial charge is 0.322 e. The Labute approximate surface area is 107 Å². The van der Waals surface area contributed by atoms with Crippen LogP contribution in [-0.2, 0) is 0 Å². The van der Waals surface area contributed by atoms with Gasteiger partial charge in [0.1, 0.15) is 28.9 Å². The molecular formula is C12H10F2N4O. The summed E-state index contributed by atoms with van der Waals surface area (Å²) in [5, 5.41) is 7.29. The molecule has 2 rings (SSSR count). The molecule has 1 aromatic heterocycles. The second-order valence-electron chi connectivity index (χ2n) is 3.80. The third kappa shape index (κ3) is 3.21. The Morgan fingerprint density at radius 3 is 2.37 bits per heavy atom. The number of ether oxygens (including phenoxy) is 1. The van der Waals surface area contributed by atoms with Gasteiger partial charge in [-0.3, -0.25) is 5.41 Å². The summed E-state index contributed by atoms with van der Waals surface area (Å²) < 4.78 is 31.2. The van der Waals surface area contributed by atoms with Crippen molar-refractivity contribution in [3.63, 3.8) is 0 Å². The normalized spacial score (nSPS) is 10.3. The minimum absolute atomic E-state index is 0.0717. The van der Waals surface area contributed by atoms with E-state index in [2.05, 4.69) is 9.97 Å². The summed E-state index contributed by atoms with van der Waals surface area (Å²) in [6.07, 6.45) is 0. The molecule has 5 nitrogen and oxygen atoms in total. The van der Waals surface area contributed by atoms with Crippen LogP contribution in [0.3, 0.4) is 0 Å². The Kier molecular flexibility index (Phi) is 3.37. The lowest BCUT2D eigenvalue weighted by molar-refractivity contribution is 0.431. The predicted molar refractivity (Wildman–Crippen MR) is 64.2 cm³/mol. The largest absolute Gasteiger partial charge is 0.424 e. The van der Waals surface area contributed by atoms with Crippen molar-refractivity contribution in [2.75, 3.05) is 0 Å². The molecule has 0 aliphatic rings. The fourth-order valence-corrected chi connectivity index (χ4v) is 1.42. The average Bonchev–Trinajstić information content (AvgIpc) is 2.26. The molecule has 3 N–H and O–H groups in total. The summed E-state index contributed by atoms with van der Waals surface area (Å²) in [6, 6.07) is 4.10. The molecule has 0 aliphatic carbocycles. The number of benzene rings is 1. The van der Waals surface area contributed by atoms with Crippen molar-refractivity contribution in [3.05, 3.63) is 47.3 Å². The molecule has 1 heterocycles. The van der Waals surface area contributed by atoms with E-state index in [4.69, 9.17) is 15.9 Å². The van der Waals surface area contributed by atoms with Gasteiger partial charge in [-0.15, -0.1) is 0 Å². The van der Waals surface area contributed by atoms with Crippen LogP contribution >= 0.6 is 0 Å². The second kappa shape index (κ2) is 4.97. The molecule has 19 heavy (non-hydrogen) atoms. The zero-order valence-electron chi connectivity index (χ0n) is 9.95. The lowest BCUT2D eigenvalue weighted by Crippen LogP contribution is -2.14. The van der Waals surface area contributed by atoms with Gasteiger partial charge in [0.05, 0.1) is 0 Å². The van der Waals surface area contributed by atoms with Crippen molar-refractivity contribution in [1.29, 1.82) is 5.41 Å². The monoisotopic (exact) mass is 264 g/mol. The van der Waals surface area contributed by atoms with E-state index in [1.54, 1.807) is 6.92 Å². The van der Waals surface area contributed by atoms with Crippen LogP contribution in [0.5, 0.6) is 11.8 Å². The highest BCUT2D eigenvalue weighted by Crippen LogP contribution is 2.20. The second-order valence-corrected chi connectivity index (χ2v) is 3.80. The van der Waals surface area contributed by atoms with Crippen LogP contribution in [0.2, 0.25) is 0 Å². The zero-order valence-corrected chi connectivity index (χ0v) is 9.95. The first-order valence-electron chi connectivity index (χ1n) is 5.28. The Bertz CT molecular complexity index is 625. The molecule has 98 valence electrons. The van der Waals surface area contributed by atoms with Crippen LogP contribution < -0.4 is 10.5 Å². The van der Waals surface area contributed by atoms with Crippen LogP contribution in [0, 0.1) is 24.0 Å². The van der Waals surface area contributed by atoms with Gasteiger partial charge in [0.2, 0.25) is 0 Å². The summed E-state index contributed by atoms with van der Waals surface area (Å²) in [5.41, 5.74) is 6.01. The Morgan fingerprint density at radius 1 is 1.16 bits per heavy atom. The molecule has 0 unspecified atom stereocenters. The Morgan fingerprint density at radius 2 is 1.79 bits per heavy atom. The molecule has 0 amide bonds. The fraction of sp³-hybridized carbons (Fsp3) is 0.0833. The number of nitrogens with zero attached hydrogens (tertiary/aromatic N) is 2. The van der Waals surface area contributed by atoms with Gasteiger partial charge in [0, 0.05) is 23.9 Å². The van der Waals surface area contributed by atoms with Crippen molar-refractivity contribution < 1.29 is 13.5 Å². The van der Waals surface area contributed by atoms with Crippen LogP contribution in [0.25, 0.3) is 0 Å². The van der Waals surface area contributed by atoms with Crippen molar-refractivity contribution in [3.8, 4) is 11.8 Å². The lowest BCUT2D eigenvalue weighted by atomic mass is 10.3. The first kappa shape index (κ1) is 12.9. The topological polar surface area (TPSA) is 84.9 Å². The maximum Gasteiger partial charge on any atom is 0.322 e. The summed E-state index contributed by atoms with van der Waals surface area (Å²) in [6.45, 7) is 1.66. The molecule has 2 aromatic rings. The molecule has 1 aromatic carbocycles. The summed E-state index contributed by atoms with van der Waals surface area (Å²) in [4.78, 5) is 7.80. The maximum absolute atomic E-state index is 13.0. The van der Waals surface area contributed by atoms with Gasteiger partial charge in [-0.2, -0.15) is 4.98 Å². The number of amidine groups is 1. The van der Waals surface area contributed by atoms with Crippen LogP contribution in [0.4, 0.5) is 8.78 Å². The van der Waals surface area contributed by atoms with Crippen LogP contribution in [0.15, 0.2) is 24.3 Å². The van der Waals surface area contributed by atoms with E-state index < -0.39 is 11.6 Å². The Balaban J connectivity index is 2.35. The van der Waals surface area contributed by atoms with Gasteiger partial charge in [0.25, 0.3) is 0 Å². The molecule has 0 aliphatic heterocycles. The van der Waals surface area contributed by atoms with Gasteiger partial charge in [-0.25, -0.2) is 13.8 Å². The van der Waals surface area contributed by atoms with Crippen molar-refractivity contribution in [2.45, 2.75) is 6.92 Å². The number of nitrogen functional groups attached to an aromatic ring is 1. The van der Waals surface area contributed by atoms with Gasteiger partial charge in [-0.05, 0) is 13.0 Å². The van der Waals surface area contributed by atoms with E-state index in [1.807, 2.05) is 0 Å². The molecule has 0 saturated heterocycles. The SMILES string of the molecule is Cc1cc(C(=N)N)nc(Oc2cc(F)cc(F)c2)n1. The number of nitrogens with one attached hydrogen (secondary N) is 1. The number of aromatic nitrogens is 2. The van der Waals surface area contributed by atoms with Crippen molar-refractivity contribution >= 4 is 5.84 Å². The molecule has 0 bridgehead atoms. The first-order chi connectivity index (χ1) is 8.94.